The van der Waals surface area contributed by atoms with Gasteiger partial charge in [0.25, 0.3) is 0 Å². The van der Waals surface area contributed by atoms with E-state index in [-0.39, 0.29) is 31.4 Å². The number of sulfonamides is 1. The molecule has 1 aromatic heterocycles. The average molecular weight is 367 g/mol. The second-order valence-corrected chi connectivity index (χ2v) is 7.56. The highest BCUT2D eigenvalue weighted by Crippen LogP contribution is 2.35. The molecule has 0 aliphatic carbocycles. The van der Waals surface area contributed by atoms with Crippen LogP contribution in [0.1, 0.15) is 24.8 Å². The number of hydrogen-bond acceptors (Lipinski definition) is 8. The van der Waals surface area contributed by atoms with Gasteiger partial charge >= 0.3 is 0 Å². The van der Waals surface area contributed by atoms with Gasteiger partial charge in [-0.25, -0.2) is 8.42 Å². The van der Waals surface area contributed by atoms with Gasteiger partial charge in [-0.2, -0.15) is 4.31 Å². The fourth-order valence-corrected chi connectivity index (χ4v) is 4.16. The van der Waals surface area contributed by atoms with Gasteiger partial charge in [-0.1, -0.05) is 6.92 Å². The van der Waals surface area contributed by atoms with Crippen molar-refractivity contribution in [3.05, 3.63) is 30.0 Å². The molecule has 0 radical (unpaired) electrons. The number of benzene rings is 1. The van der Waals surface area contributed by atoms with Crippen LogP contribution in [0.3, 0.4) is 0 Å². The average Bonchev–Trinajstić information content (AvgIpc) is 3.30. The Morgan fingerprint density at radius 3 is 2.88 bits per heavy atom. The molecule has 3 heterocycles. The monoisotopic (exact) mass is 367 g/mol. The Hall–Kier alpha value is -2.17. The third-order valence-electron chi connectivity index (χ3n) is 4.07. The fraction of sp³-hybridized carbons (Fsp3) is 0.467. The Kier molecular flexibility index (Phi) is 4.10. The van der Waals surface area contributed by atoms with Gasteiger partial charge < -0.3 is 18.6 Å². The van der Waals surface area contributed by atoms with Crippen LogP contribution in [-0.4, -0.2) is 49.4 Å². The van der Waals surface area contributed by atoms with Gasteiger partial charge in [-0.3, -0.25) is 0 Å². The maximum absolute atomic E-state index is 12.9. The first-order valence-electron chi connectivity index (χ1n) is 7.91. The molecular weight excluding hydrogens is 350 g/mol. The lowest BCUT2D eigenvalue weighted by molar-refractivity contribution is -0.0177. The van der Waals surface area contributed by atoms with Crippen molar-refractivity contribution in [3.8, 4) is 11.5 Å². The minimum absolute atomic E-state index is 0.0926. The molecule has 0 spiro atoms. The highest BCUT2D eigenvalue weighted by Gasteiger charge is 2.34. The Balaban J connectivity index is 1.57. The van der Waals surface area contributed by atoms with E-state index in [1.165, 1.54) is 16.4 Å². The summed E-state index contributed by atoms with van der Waals surface area (Å²) in [7, 11) is -3.70. The van der Waals surface area contributed by atoms with Crippen LogP contribution in [0.2, 0.25) is 0 Å². The fourth-order valence-electron chi connectivity index (χ4n) is 2.72. The predicted molar refractivity (Wildman–Crippen MR) is 83.7 cm³/mol. The van der Waals surface area contributed by atoms with Crippen LogP contribution < -0.4 is 9.47 Å². The van der Waals surface area contributed by atoms with Gasteiger partial charge in [0.2, 0.25) is 28.6 Å². The number of rotatable bonds is 4. The molecule has 1 fully saturated rings. The Morgan fingerprint density at radius 1 is 1.24 bits per heavy atom. The molecule has 1 saturated heterocycles. The first kappa shape index (κ1) is 16.3. The lowest BCUT2D eigenvalue weighted by atomic mass is 10.3. The van der Waals surface area contributed by atoms with Crippen LogP contribution in [0.15, 0.2) is 27.5 Å². The Bertz CT molecular complexity index is 881. The van der Waals surface area contributed by atoms with E-state index in [0.717, 1.165) is 0 Å². The Labute approximate surface area is 144 Å². The van der Waals surface area contributed by atoms with E-state index in [9.17, 15) is 8.42 Å². The maximum Gasteiger partial charge on any atom is 0.246 e. The van der Waals surface area contributed by atoms with Crippen LogP contribution >= 0.6 is 0 Å². The van der Waals surface area contributed by atoms with E-state index in [0.29, 0.717) is 29.7 Å². The molecule has 2 aliphatic heterocycles. The van der Waals surface area contributed by atoms with Crippen molar-refractivity contribution in [1.29, 1.82) is 0 Å². The molecule has 0 amide bonds. The number of nitrogens with zero attached hydrogens (tertiary/aromatic N) is 3. The zero-order valence-corrected chi connectivity index (χ0v) is 14.4. The van der Waals surface area contributed by atoms with Gasteiger partial charge in [-0.05, 0) is 12.1 Å². The van der Waals surface area contributed by atoms with Gasteiger partial charge in [-0.15, -0.1) is 10.2 Å². The van der Waals surface area contributed by atoms with E-state index in [2.05, 4.69) is 10.2 Å². The van der Waals surface area contributed by atoms with Crippen LogP contribution in [0, 0.1) is 0 Å². The van der Waals surface area contributed by atoms with Gasteiger partial charge in [0, 0.05) is 25.6 Å². The summed E-state index contributed by atoms with van der Waals surface area (Å²) < 4.78 is 48.8. The molecule has 134 valence electrons. The zero-order valence-electron chi connectivity index (χ0n) is 13.5. The number of aromatic nitrogens is 2. The molecule has 2 aliphatic rings. The molecule has 10 heteroatoms. The third kappa shape index (κ3) is 2.96. The van der Waals surface area contributed by atoms with Crippen LogP contribution in [-0.2, 0) is 21.2 Å². The number of ether oxygens (including phenoxy) is 3. The van der Waals surface area contributed by atoms with Crippen molar-refractivity contribution < 1.29 is 27.0 Å². The molecule has 1 atom stereocenters. The largest absolute Gasteiger partial charge is 0.454 e. The second-order valence-electron chi connectivity index (χ2n) is 5.63. The smallest absolute Gasteiger partial charge is 0.246 e. The van der Waals surface area contributed by atoms with Gasteiger partial charge in [0.15, 0.2) is 11.5 Å². The number of aryl methyl sites for hydroxylation is 1. The minimum atomic E-state index is -3.70. The summed E-state index contributed by atoms with van der Waals surface area (Å²) in [4.78, 5) is 0.150. The van der Waals surface area contributed by atoms with Crippen molar-refractivity contribution in [2.45, 2.75) is 24.3 Å². The lowest BCUT2D eigenvalue weighted by Crippen LogP contribution is -2.42. The minimum Gasteiger partial charge on any atom is -0.454 e. The van der Waals surface area contributed by atoms with Gasteiger partial charge in [0.1, 0.15) is 6.10 Å². The highest BCUT2D eigenvalue weighted by molar-refractivity contribution is 7.89. The van der Waals surface area contributed by atoms with Crippen LogP contribution in [0.4, 0.5) is 0 Å². The first-order valence-corrected chi connectivity index (χ1v) is 9.35. The molecule has 1 aromatic carbocycles. The molecule has 2 aromatic rings. The molecule has 0 saturated carbocycles. The standard InChI is InChI=1S/C15H17N3O6S/c1-2-14-16-17-15(24-14)13-8-18(5-6-21-13)25(19,20)10-3-4-11-12(7-10)23-9-22-11/h3-4,7,13H,2,5-6,8-9H2,1H3/t13-/m0/s1. The summed E-state index contributed by atoms with van der Waals surface area (Å²) in [5, 5.41) is 7.85. The van der Waals surface area contributed by atoms with E-state index < -0.39 is 16.1 Å². The van der Waals surface area contributed by atoms with Crippen molar-refractivity contribution in [2.75, 3.05) is 26.5 Å². The predicted octanol–water partition coefficient (Wildman–Crippen LogP) is 1.12. The molecule has 25 heavy (non-hydrogen) atoms. The van der Waals surface area contributed by atoms with E-state index >= 15 is 0 Å². The first-order chi connectivity index (χ1) is 12.1. The summed E-state index contributed by atoms with van der Waals surface area (Å²) >= 11 is 0. The zero-order chi connectivity index (χ0) is 17.4. The summed E-state index contributed by atoms with van der Waals surface area (Å²) in [5.41, 5.74) is 0. The topological polar surface area (TPSA) is 104 Å². The molecule has 9 nitrogen and oxygen atoms in total. The molecule has 0 N–H and O–H groups in total. The van der Waals surface area contributed by atoms with E-state index in [4.69, 9.17) is 18.6 Å². The van der Waals surface area contributed by atoms with E-state index in [1.54, 1.807) is 6.07 Å². The van der Waals surface area contributed by atoms with Crippen LogP contribution in [0.25, 0.3) is 0 Å². The summed E-state index contributed by atoms with van der Waals surface area (Å²) in [6, 6.07) is 4.58. The Morgan fingerprint density at radius 2 is 2.08 bits per heavy atom. The van der Waals surface area contributed by atoms with Crippen molar-refractivity contribution in [3.63, 3.8) is 0 Å². The normalized spacial score (nSPS) is 20.8. The van der Waals surface area contributed by atoms with E-state index in [1.807, 2.05) is 6.92 Å². The van der Waals surface area contributed by atoms with Gasteiger partial charge in [0.05, 0.1) is 11.5 Å². The third-order valence-corrected chi connectivity index (χ3v) is 5.93. The maximum atomic E-state index is 12.9. The molecule has 0 unspecified atom stereocenters. The summed E-state index contributed by atoms with van der Waals surface area (Å²) in [6.45, 7) is 2.60. The number of morpholine rings is 1. The lowest BCUT2D eigenvalue weighted by Gasteiger charge is -2.30. The SMILES string of the molecule is CCc1nnc([C@@H]2CN(S(=O)(=O)c3ccc4c(c3)OCO4)CCO2)o1. The molecule has 0 bridgehead atoms. The number of hydrogen-bond donors (Lipinski definition) is 0. The summed E-state index contributed by atoms with van der Waals surface area (Å²) in [6.07, 6.45) is 0.0317. The molecule has 4 rings (SSSR count). The highest BCUT2D eigenvalue weighted by atomic mass is 32.2. The molecular formula is C15H17N3O6S. The second kappa shape index (κ2) is 6.28. The number of fused-ring (bicyclic) bond motifs is 1. The summed E-state index contributed by atoms with van der Waals surface area (Å²) in [5.74, 6) is 1.75. The quantitative estimate of drug-likeness (QED) is 0.792. The van der Waals surface area contributed by atoms with Crippen molar-refractivity contribution >= 4 is 10.0 Å². The van der Waals surface area contributed by atoms with Crippen molar-refractivity contribution in [1.82, 2.24) is 14.5 Å². The van der Waals surface area contributed by atoms with Crippen molar-refractivity contribution in [2.24, 2.45) is 0 Å². The van der Waals surface area contributed by atoms with Crippen LogP contribution in [0.5, 0.6) is 11.5 Å².